The highest BCUT2D eigenvalue weighted by molar-refractivity contribution is 6.17. The average molecular weight is 299 g/mol. The molecule has 0 aliphatic rings. The van der Waals surface area contributed by atoms with Crippen molar-refractivity contribution in [1.82, 2.24) is 15.3 Å². The summed E-state index contributed by atoms with van der Waals surface area (Å²) in [4.78, 5) is 43.3. The minimum Gasteiger partial charge on any atom is -0.330 e. The molecule has 0 fully saturated rings. The quantitative estimate of drug-likeness (QED) is 0.831. The normalized spacial score (nSPS) is 9.64. The summed E-state index contributed by atoms with van der Waals surface area (Å²) >= 11 is 0. The minimum atomic E-state index is -0.735. The molecule has 8 nitrogen and oxygen atoms in total. The molecule has 22 heavy (non-hydrogen) atoms. The number of imide groups is 1. The van der Waals surface area contributed by atoms with Crippen LogP contribution in [0.1, 0.15) is 0 Å². The highest BCUT2D eigenvalue weighted by atomic mass is 16.2. The lowest BCUT2D eigenvalue weighted by Gasteiger charge is -2.20. The number of rotatable bonds is 4. The number of hydrogen-bond donors (Lipinski definition) is 2. The zero-order valence-electron chi connectivity index (χ0n) is 11.5. The summed E-state index contributed by atoms with van der Waals surface area (Å²) in [6.07, 6.45) is 3.45. The van der Waals surface area contributed by atoms with Crippen LogP contribution in [0.2, 0.25) is 0 Å². The number of urea groups is 2. The van der Waals surface area contributed by atoms with Gasteiger partial charge in [-0.2, -0.15) is 0 Å². The largest absolute Gasteiger partial charge is 0.337 e. The van der Waals surface area contributed by atoms with E-state index in [-0.39, 0.29) is 12.5 Å². The Kier molecular flexibility index (Phi) is 5.14. The zero-order valence-corrected chi connectivity index (χ0v) is 11.5. The van der Waals surface area contributed by atoms with Gasteiger partial charge in [0, 0.05) is 12.4 Å². The summed E-state index contributed by atoms with van der Waals surface area (Å²) in [5, 5.41) is 4.73. The highest BCUT2D eigenvalue weighted by Gasteiger charge is 2.23. The molecule has 112 valence electrons. The Hall–Kier alpha value is -3.29. The molecule has 1 heterocycles. The Labute approximate surface area is 126 Å². The van der Waals surface area contributed by atoms with Gasteiger partial charge in [0.2, 0.25) is 5.95 Å². The van der Waals surface area contributed by atoms with Gasteiger partial charge < -0.3 is 10.1 Å². The van der Waals surface area contributed by atoms with Crippen molar-refractivity contribution >= 4 is 30.0 Å². The second-order valence-corrected chi connectivity index (χ2v) is 4.03. The van der Waals surface area contributed by atoms with E-state index in [1.165, 1.54) is 12.4 Å². The van der Waals surface area contributed by atoms with Crippen LogP contribution in [-0.2, 0) is 4.79 Å². The van der Waals surface area contributed by atoms with Crippen LogP contribution in [0.25, 0.3) is 0 Å². The van der Waals surface area contributed by atoms with E-state index in [0.717, 1.165) is 4.90 Å². The monoisotopic (exact) mass is 299 g/mol. The van der Waals surface area contributed by atoms with Gasteiger partial charge >= 0.3 is 12.1 Å². The van der Waals surface area contributed by atoms with Gasteiger partial charge in [-0.1, -0.05) is 18.2 Å². The zero-order chi connectivity index (χ0) is 15.8. The second kappa shape index (κ2) is 7.48. The minimum absolute atomic E-state index is 0.0663. The molecule has 0 spiro atoms. The third-order valence-corrected chi connectivity index (χ3v) is 2.54. The molecule has 2 rings (SSSR count). The van der Waals surface area contributed by atoms with Crippen molar-refractivity contribution in [3.63, 3.8) is 0 Å². The molecule has 2 N–H and O–H groups in total. The second-order valence-electron chi connectivity index (χ2n) is 4.03. The first-order valence-corrected chi connectivity index (χ1v) is 6.37. The standard InChI is InChI=1S/C14H13N5O3/c20-10-9-17-13(21)19(11-5-2-1-3-6-11)14(22)18-12-15-7-4-8-16-12/h1-8,10H,9H2,(H,17,21)(H,15,16,18,22). The molecule has 2 aromatic rings. The van der Waals surface area contributed by atoms with Gasteiger partial charge in [0.05, 0.1) is 12.2 Å². The molecule has 8 heteroatoms. The van der Waals surface area contributed by atoms with E-state index in [2.05, 4.69) is 20.6 Å². The van der Waals surface area contributed by atoms with Crippen molar-refractivity contribution in [1.29, 1.82) is 0 Å². The molecular weight excluding hydrogens is 286 g/mol. The highest BCUT2D eigenvalue weighted by Crippen LogP contribution is 2.14. The van der Waals surface area contributed by atoms with Gasteiger partial charge in [0.25, 0.3) is 0 Å². The first-order valence-electron chi connectivity index (χ1n) is 6.37. The van der Waals surface area contributed by atoms with E-state index < -0.39 is 12.1 Å². The number of hydrogen-bond acceptors (Lipinski definition) is 5. The van der Waals surface area contributed by atoms with Crippen LogP contribution in [0.4, 0.5) is 21.2 Å². The van der Waals surface area contributed by atoms with Gasteiger partial charge in [-0.05, 0) is 18.2 Å². The number of carbonyl (C=O) groups is 3. The molecule has 0 aliphatic carbocycles. The third kappa shape index (κ3) is 3.85. The molecule has 0 atom stereocenters. The maximum Gasteiger partial charge on any atom is 0.337 e. The summed E-state index contributed by atoms with van der Waals surface area (Å²) in [5.74, 6) is 0.0663. The van der Waals surface area contributed by atoms with Crippen molar-refractivity contribution in [3.8, 4) is 0 Å². The summed E-state index contributed by atoms with van der Waals surface area (Å²) in [6.45, 7) is -0.197. The lowest BCUT2D eigenvalue weighted by atomic mass is 10.3. The lowest BCUT2D eigenvalue weighted by molar-refractivity contribution is -0.107. The van der Waals surface area contributed by atoms with E-state index in [0.29, 0.717) is 12.0 Å². The maximum absolute atomic E-state index is 12.3. The predicted molar refractivity (Wildman–Crippen MR) is 79.4 cm³/mol. The molecule has 1 aromatic carbocycles. The number of carbonyl (C=O) groups excluding carboxylic acids is 3. The van der Waals surface area contributed by atoms with Gasteiger partial charge in [0.1, 0.15) is 6.29 Å². The number of para-hydroxylation sites is 1. The fourth-order valence-electron chi connectivity index (χ4n) is 1.63. The van der Waals surface area contributed by atoms with Gasteiger partial charge in [-0.25, -0.2) is 24.5 Å². The van der Waals surface area contributed by atoms with Gasteiger partial charge in [0.15, 0.2) is 0 Å². The van der Waals surface area contributed by atoms with Crippen LogP contribution in [0, 0.1) is 0 Å². The van der Waals surface area contributed by atoms with E-state index in [9.17, 15) is 14.4 Å². The van der Waals surface area contributed by atoms with Gasteiger partial charge in [-0.15, -0.1) is 0 Å². The fourth-order valence-corrected chi connectivity index (χ4v) is 1.63. The maximum atomic E-state index is 12.3. The van der Waals surface area contributed by atoms with Crippen molar-refractivity contribution in [2.45, 2.75) is 0 Å². The van der Waals surface area contributed by atoms with Crippen molar-refractivity contribution in [3.05, 3.63) is 48.8 Å². The number of benzene rings is 1. The molecule has 0 aliphatic heterocycles. The van der Waals surface area contributed by atoms with Crippen LogP contribution in [0.5, 0.6) is 0 Å². The fraction of sp³-hybridized carbons (Fsp3) is 0.0714. The van der Waals surface area contributed by atoms with Crippen LogP contribution < -0.4 is 15.5 Å². The van der Waals surface area contributed by atoms with E-state index in [4.69, 9.17) is 0 Å². The number of anilines is 2. The average Bonchev–Trinajstić information content (AvgIpc) is 2.55. The molecule has 0 unspecified atom stereocenters. The first-order chi connectivity index (χ1) is 10.7. The van der Waals surface area contributed by atoms with Crippen molar-refractivity contribution < 1.29 is 14.4 Å². The van der Waals surface area contributed by atoms with Crippen LogP contribution >= 0.6 is 0 Å². The van der Waals surface area contributed by atoms with E-state index in [1.54, 1.807) is 36.4 Å². The summed E-state index contributed by atoms with van der Waals surface area (Å²) in [7, 11) is 0. The first kappa shape index (κ1) is 15.1. The van der Waals surface area contributed by atoms with Crippen molar-refractivity contribution in [2.75, 3.05) is 16.8 Å². The third-order valence-electron chi connectivity index (χ3n) is 2.54. The molecule has 4 amide bonds. The summed E-state index contributed by atoms with van der Waals surface area (Å²) < 4.78 is 0. The molecule has 0 radical (unpaired) electrons. The van der Waals surface area contributed by atoms with Crippen LogP contribution in [0.3, 0.4) is 0 Å². The summed E-state index contributed by atoms with van der Waals surface area (Å²) in [6, 6.07) is 8.43. The Bertz CT molecular complexity index is 648. The number of nitrogens with one attached hydrogen (secondary N) is 2. The lowest BCUT2D eigenvalue weighted by Crippen LogP contribution is -2.46. The Morgan fingerprint density at radius 2 is 1.73 bits per heavy atom. The topological polar surface area (TPSA) is 104 Å². The number of amides is 4. The number of nitrogens with zero attached hydrogens (tertiary/aromatic N) is 3. The Balaban J connectivity index is 2.22. The summed E-state index contributed by atoms with van der Waals surface area (Å²) in [5.41, 5.74) is 0.347. The van der Waals surface area contributed by atoms with E-state index in [1.807, 2.05) is 0 Å². The molecule has 0 saturated heterocycles. The Morgan fingerprint density at radius 3 is 2.36 bits per heavy atom. The van der Waals surface area contributed by atoms with Crippen LogP contribution in [-0.4, -0.2) is 34.9 Å². The molecule has 1 aromatic heterocycles. The van der Waals surface area contributed by atoms with Crippen molar-refractivity contribution in [2.24, 2.45) is 0 Å². The molecule has 0 bridgehead atoms. The smallest absolute Gasteiger partial charge is 0.330 e. The van der Waals surface area contributed by atoms with Crippen LogP contribution in [0.15, 0.2) is 48.8 Å². The number of aromatic nitrogens is 2. The Morgan fingerprint density at radius 1 is 1.05 bits per heavy atom. The van der Waals surface area contributed by atoms with Gasteiger partial charge in [-0.3, -0.25) is 5.32 Å². The van der Waals surface area contributed by atoms with E-state index >= 15 is 0 Å². The molecule has 0 saturated carbocycles. The SMILES string of the molecule is O=CCNC(=O)N(C(=O)Nc1ncccn1)c1ccccc1. The molecular formula is C14H13N5O3. The number of aldehydes is 1. The predicted octanol–water partition coefficient (Wildman–Crippen LogP) is 1.42.